The lowest BCUT2D eigenvalue weighted by molar-refractivity contribution is 0.0207. The van der Waals surface area contributed by atoms with Crippen molar-refractivity contribution in [2.24, 2.45) is 5.92 Å². The molecule has 2 aliphatic rings. The van der Waals surface area contributed by atoms with Crippen LogP contribution < -0.4 is 4.74 Å². The minimum atomic E-state index is 0.369. The molecule has 0 amide bonds. The highest BCUT2D eigenvalue weighted by molar-refractivity contribution is 5.45. The fourth-order valence-electron chi connectivity index (χ4n) is 5.23. The van der Waals surface area contributed by atoms with Crippen molar-refractivity contribution < 1.29 is 4.74 Å². The van der Waals surface area contributed by atoms with Crippen LogP contribution in [0, 0.1) is 5.92 Å². The molecule has 0 spiro atoms. The summed E-state index contributed by atoms with van der Waals surface area (Å²) in [4.78, 5) is 2.72. The Morgan fingerprint density at radius 3 is 2.78 bits per heavy atom. The molecule has 1 saturated heterocycles. The summed E-state index contributed by atoms with van der Waals surface area (Å²) < 4.78 is 5.56. The number of likely N-dealkylation sites (N-methyl/N-ethyl adjacent to an activating group) is 1. The summed E-state index contributed by atoms with van der Waals surface area (Å²) in [6.45, 7) is 9.59. The molecular formula is C21H33NO. The molecule has 3 rings (SSSR count). The maximum absolute atomic E-state index is 5.56. The summed E-state index contributed by atoms with van der Waals surface area (Å²) in [5.74, 6) is 1.77. The van der Waals surface area contributed by atoms with Crippen LogP contribution in [-0.4, -0.2) is 31.1 Å². The molecule has 0 aromatic heterocycles. The van der Waals surface area contributed by atoms with E-state index >= 15 is 0 Å². The van der Waals surface area contributed by atoms with Gasteiger partial charge in [-0.15, -0.1) is 0 Å². The Morgan fingerprint density at radius 1 is 1.26 bits per heavy atom. The number of hydrogen-bond donors (Lipinski definition) is 0. The zero-order chi connectivity index (χ0) is 16.4. The van der Waals surface area contributed by atoms with Gasteiger partial charge in [0, 0.05) is 11.5 Å². The molecule has 2 bridgehead atoms. The summed E-state index contributed by atoms with van der Waals surface area (Å²) >= 11 is 0. The molecule has 0 N–H and O–H groups in total. The molecule has 0 radical (unpaired) electrons. The first kappa shape index (κ1) is 16.8. The first-order valence-electron chi connectivity index (χ1n) is 9.57. The molecule has 1 aromatic carbocycles. The summed E-state index contributed by atoms with van der Waals surface area (Å²) in [5.41, 5.74) is 3.55. The minimum absolute atomic E-state index is 0.369. The molecule has 2 nitrogen and oxygen atoms in total. The third kappa shape index (κ3) is 2.80. The number of nitrogens with zero attached hydrogens (tertiary/aromatic N) is 1. The summed E-state index contributed by atoms with van der Waals surface area (Å²) in [7, 11) is 1.79. The van der Waals surface area contributed by atoms with Crippen molar-refractivity contribution in [1.82, 2.24) is 4.90 Å². The van der Waals surface area contributed by atoms with Gasteiger partial charge in [-0.3, -0.25) is 0 Å². The Balaban J connectivity index is 2.02. The van der Waals surface area contributed by atoms with E-state index in [2.05, 4.69) is 43.9 Å². The molecule has 3 atom stereocenters. The van der Waals surface area contributed by atoms with E-state index in [1.165, 1.54) is 51.6 Å². The monoisotopic (exact) mass is 315 g/mol. The van der Waals surface area contributed by atoms with Crippen LogP contribution in [0.3, 0.4) is 0 Å². The van der Waals surface area contributed by atoms with Crippen molar-refractivity contribution in [3.8, 4) is 5.75 Å². The molecule has 128 valence electrons. The lowest BCUT2D eigenvalue weighted by atomic mass is 9.56. The van der Waals surface area contributed by atoms with Crippen LogP contribution in [0.25, 0.3) is 0 Å². The fourth-order valence-corrected chi connectivity index (χ4v) is 5.23. The van der Waals surface area contributed by atoms with E-state index in [-0.39, 0.29) is 0 Å². The lowest BCUT2D eigenvalue weighted by Crippen LogP contribution is -2.58. The Morgan fingerprint density at radius 2 is 2.09 bits per heavy atom. The molecule has 23 heavy (non-hydrogen) atoms. The maximum Gasteiger partial charge on any atom is 0.119 e. The van der Waals surface area contributed by atoms with Gasteiger partial charge in [-0.2, -0.15) is 0 Å². The molecule has 2 heteroatoms. The number of rotatable bonds is 6. The Kier molecular flexibility index (Phi) is 5.01. The molecule has 1 aliphatic carbocycles. The highest BCUT2D eigenvalue weighted by atomic mass is 16.5. The van der Waals surface area contributed by atoms with Crippen LogP contribution in [0.4, 0.5) is 0 Å². The minimum Gasteiger partial charge on any atom is -0.497 e. The van der Waals surface area contributed by atoms with Crippen molar-refractivity contribution in [1.29, 1.82) is 0 Å². The zero-order valence-electron chi connectivity index (χ0n) is 15.4. The molecule has 1 aliphatic heterocycles. The van der Waals surface area contributed by atoms with E-state index in [0.717, 1.165) is 17.7 Å². The Labute approximate surface area is 142 Å². The fraction of sp³-hybridized carbons (Fsp3) is 0.714. The number of piperidine rings is 1. The van der Waals surface area contributed by atoms with Gasteiger partial charge in [-0.1, -0.05) is 46.1 Å². The molecule has 1 heterocycles. The van der Waals surface area contributed by atoms with Gasteiger partial charge in [-0.25, -0.2) is 0 Å². The van der Waals surface area contributed by atoms with Gasteiger partial charge in [0.25, 0.3) is 0 Å². The van der Waals surface area contributed by atoms with E-state index in [9.17, 15) is 0 Å². The quantitative estimate of drug-likeness (QED) is 0.699. The van der Waals surface area contributed by atoms with E-state index in [4.69, 9.17) is 4.74 Å². The number of methoxy groups -OCH3 is 1. The largest absolute Gasteiger partial charge is 0.497 e. The topological polar surface area (TPSA) is 12.5 Å². The first-order valence-corrected chi connectivity index (χ1v) is 9.57. The predicted molar refractivity (Wildman–Crippen MR) is 97.3 cm³/mol. The summed E-state index contributed by atoms with van der Waals surface area (Å²) in [6.07, 6.45) is 7.88. The van der Waals surface area contributed by atoms with Crippen LogP contribution in [0.5, 0.6) is 5.75 Å². The first-order chi connectivity index (χ1) is 11.2. The Hall–Kier alpha value is -1.02. The molecule has 3 unspecified atom stereocenters. The van der Waals surface area contributed by atoms with Crippen molar-refractivity contribution in [3.05, 3.63) is 29.3 Å². The van der Waals surface area contributed by atoms with Crippen LogP contribution in [0.1, 0.15) is 64.0 Å². The number of hydrogen-bond acceptors (Lipinski definition) is 2. The van der Waals surface area contributed by atoms with Gasteiger partial charge in [0.15, 0.2) is 0 Å². The average molecular weight is 316 g/mol. The standard InChI is InChI=1S/C21H33NO/c1-5-7-8-11-21-12-13-22(6-2)20(16(21)3)14-17-9-10-18(23-4)15-19(17)21/h9-10,15-16,20H,5-8,11-14H2,1-4H3. The molecule has 1 fully saturated rings. The third-order valence-corrected chi connectivity index (χ3v) is 6.68. The number of likely N-dealkylation sites (tertiary alicyclic amines) is 1. The number of ether oxygens (including phenoxy) is 1. The van der Waals surface area contributed by atoms with Gasteiger partial charge in [0.2, 0.25) is 0 Å². The summed E-state index contributed by atoms with van der Waals surface area (Å²) in [6, 6.07) is 7.56. The lowest BCUT2D eigenvalue weighted by Gasteiger charge is -2.56. The van der Waals surface area contributed by atoms with E-state index < -0.39 is 0 Å². The van der Waals surface area contributed by atoms with Gasteiger partial charge >= 0.3 is 0 Å². The Bertz CT molecular complexity index is 537. The van der Waals surface area contributed by atoms with E-state index in [0.29, 0.717) is 5.41 Å². The highest BCUT2D eigenvalue weighted by Gasteiger charge is 2.50. The zero-order valence-corrected chi connectivity index (χ0v) is 15.4. The second-order valence-corrected chi connectivity index (χ2v) is 7.58. The molecule has 1 aromatic rings. The number of unbranched alkanes of at least 4 members (excludes halogenated alkanes) is 2. The maximum atomic E-state index is 5.56. The number of fused-ring (bicyclic) bond motifs is 4. The highest BCUT2D eigenvalue weighted by Crippen LogP contribution is 2.52. The van der Waals surface area contributed by atoms with E-state index in [1.54, 1.807) is 18.2 Å². The molecule has 0 saturated carbocycles. The second kappa shape index (κ2) is 6.84. The van der Waals surface area contributed by atoms with Gasteiger partial charge in [-0.05, 0) is 61.5 Å². The van der Waals surface area contributed by atoms with Gasteiger partial charge in [0.1, 0.15) is 5.75 Å². The predicted octanol–water partition coefficient (Wildman–Crippen LogP) is 4.80. The number of benzene rings is 1. The van der Waals surface area contributed by atoms with Crippen molar-refractivity contribution in [2.75, 3.05) is 20.2 Å². The second-order valence-electron chi connectivity index (χ2n) is 7.58. The SMILES string of the molecule is CCCCCC12CCN(CC)C(Cc3ccc(OC)cc31)C2C. The van der Waals surface area contributed by atoms with Crippen LogP contribution >= 0.6 is 0 Å². The van der Waals surface area contributed by atoms with Crippen LogP contribution in [-0.2, 0) is 11.8 Å². The van der Waals surface area contributed by atoms with Gasteiger partial charge < -0.3 is 9.64 Å². The van der Waals surface area contributed by atoms with Crippen LogP contribution in [0.15, 0.2) is 18.2 Å². The van der Waals surface area contributed by atoms with E-state index in [1.807, 2.05) is 0 Å². The third-order valence-electron chi connectivity index (χ3n) is 6.68. The van der Waals surface area contributed by atoms with Crippen LogP contribution in [0.2, 0.25) is 0 Å². The van der Waals surface area contributed by atoms with Crippen molar-refractivity contribution in [3.63, 3.8) is 0 Å². The van der Waals surface area contributed by atoms with Crippen molar-refractivity contribution >= 4 is 0 Å². The van der Waals surface area contributed by atoms with Crippen molar-refractivity contribution in [2.45, 2.75) is 70.8 Å². The summed E-state index contributed by atoms with van der Waals surface area (Å²) in [5, 5.41) is 0. The smallest absolute Gasteiger partial charge is 0.119 e. The normalized spacial score (nSPS) is 30.1. The average Bonchev–Trinajstić information content (AvgIpc) is 2.57. The van der Waals surface area contributed by atoms with Gasteiger partial charge in [0.05, 0.1) is 7.11 Å². The molecular weight excluding hydrogens is 282 g/mol.